The van der Waals surface area contributed by atoms with Crippen molar-refractivity contribution in [3.63, 3.8) is 0 Å². The van der Waals surface area contributed by atoms with Gasteiger partial charge in [0, 0.05) is 24.3 Å². The first-order valence-corrected chi connectivity index (χ1v) is 6.44. The van der Waals surface area contributed by atoms with Crippen LogP contribution in [0.2, 0.25) is 0 Å². The van der Waals surface area contributed by atoms with Crippen molar-refractivity contribution in [3.8, 4) is 0 Å². The Morgan fingerprint density at radius 1 is 1.42 bits per heavy atom. The van der Waals surface area contributed by atoms with Crippen LogP contribution in [0.1, 0.15) is 25.3 Å². The van der Waals surface area contributed by atoms with Crippen LogP contribution in [0, 0.1) is 0 Å². The Labute approximate surface area is 112 Å². The van der Waals surface area contributed by atoms with Gasteiger partial charge in [0.25, 0.3) is 0 Å². The van der Waals surface area contributed by atoms with Crippen LogP contribution in [0.5, 0.6) is 0 Å². The summed E-state index contributed by atoms with van der Waals surface area (Å²) in [6, 6.07) is 5.58. The molecular formula is C14H18N2O3. The lowest BCUT2D eigenvalue weighted by Crippen LogP contribution is -2.34. The van der Waals surface area contributed by atoms with Crippen LogP contribution >= 0.6 is 0 Å². The molecule has 0 spiro atoms. The molecular weight excluding hydrogens is 244 g/mol. The number of hydrogen-bond acceptors (Lipinski definition) is 3. The van der Waals surface area contributed by atoms with Gasteiger partial charge in [0.05, 0.1) is 7.11 Å². The molecule has 0 aromatic heterocycles. The number of carbonyl (C=O) groups excluding carboxylic acids is 2. The third kappa shape index (κ3) is 2.86. The second-order valence-electron chi connectivity index (χ2n) is 4.46. The van der Waals surface area contributed by atoms with E-state index in [2.05, 4.69) is 10.1 Å². The lowest BCUT2D eigenvalue weighted by Gasteiger charge is -2.29. The van der Waals surface area contributed by atoms with Crippen LogP contribution in [0.4, 0.5) is 16.2 Å². The van der Waals surface area contributed by atoms with E-state index in [0.29, 0.717) is 12.1 Å². The molecule has 1 aromatic carbocycles. The number of ether oxygens (including phenoxy) is 1. The summed E-state index contributed by atoms with van der Waals surface area (Å²) in [7, 11) is 1.33. The fourth-order valence-electron chi connectivity index (χ4n) is 2.29. The van der Waals surface area contributed by atoms with Gasteiger partial charge in [0.15, 0.2) is 0 Å². The molecule has 5 nitrogen and oxygen atoms in total. The summed E-state index contributed by atoms with van der Waals surface area (Å²) in [6.07, 6.45) is 1.87. The van der Waals surface area contributed by atoms with Crippen LogP contribution in [0.3, 0.4) is 0 Å². The van der Waals surface area contributed by atoms with Crippen LogP contribution in [0.15, 0.2) is 18.2 Å². The van der Waals surface area contributed by atoms with Crippen molar-refractivity contribution in [3.05, 3.63) is 23.8 Å². The molecule has 1 aliphatic rings. The highest BCUT2D eigenvalue weighted by atomic mass is 16.5. The van der Waals surface area contributed by atoms with Crippen molar-refractivity contribution in [2.75, 3.05) is 23.9 Å². The average Bonchev–Trinajstić information content (AvgIpc) is 2.45. The lowest BCUT2D eigenvalue weighted by molar-refractivity contribution is -0.118. The van der Waals surface area contributed by atoms with E-state index < -0.39 is 6.09 Å². The van der Waals surface area contributed by atoms with Crippen molar-refractivity contribution >= 4 is 23.4 Å². The maximum atomic E-state index is 11.9. The minimum Gasteiger partial charge on any atom is -0.453 e. The normalized spacial score (nSPS) is 13.7. The fourth-order valence-corrected chi connectivity index (χ4v) is 2.29. The van der Waals surface area contributed by atoms with Crippen LogP contribution in [0.25, 0.3) is 0 Å². The molecule has 1 N–H and O–H groups in total. The zero-order valence-electron chi connectivity index (χ0n) is 11.2. The molecule has 0 saturated heterocycles. The first-order chi connectivity index (χ1) is 9.15. The molecule has 0 atom stereocenters. The third-order valence-electron chi connectivity index (χ3n) is 3.23. The second-order valence-corrected chi connectivity index (χ2v) is 4.46. The average molecular weight is 262 g/mol. The van der Waals surface area contributed by atoms with E-state index in [1.807, 2.05) is 24.0 Å². The predicted octanol–water partition coefficient (Wildman–Crippen LogP) is 2.55. The van der Waals surface area contributed by atoms with Gasteiger partial charge in [-0.1, -0.05) is 6.92 Å². The Balaban J connectivity index is 2.25. The summed E-state index contributed by atoms with van der Waals surface area (Å²) in [5, 5.41) is 2.64. The SMILES string of the molecule is CCC(=O)N1CCCc2cc(NC(=O)OC)ccc21. The molecule has 2 amide bonds. The maximum Gasteiger partial charge on any atom is 0.411 e. The first kappa shape index (κ1) is 13.4. The molecule has 0 saturated carbocycles. The molecule has 19 heavy (non-hydrogen) atoms. The zero-order chi connectivity index (χ0) is 13.8. The minimum absolute atomic E-state index is 0.134. The number of rotatable bonds is 2. The standard InChI is InChI=1S/C14H18N2O3/c1-3-13(17)16-8-4-5-10-9-11(6-7-12(10)16)15-14(18)19-2/h6-7,9H,3-5,8H2,1-2H3,(H,15,18). The van der Waals surface area contributed by atoms with Gasteiger partial charge in [-0.15, -0.1) is 0 Å². The minimum atomic E-state index is -0.489. The van der Waals surface area contributed by atoms with Gasteiger partial charge < -0.3 is 9.64 Å². The monoisotopic (exact) mass is 262 g/mol. The highest BCUT2D eigenvalue weighted by Gasteiger charge is 2.21. The fraction of sp³-hybridized carbons (Fsp3) is 0.429. The number of aryl methyl sites for hydroxylation is 1. The Bertz CT molecular complexity index is 499. The Kier molecular flexibility index (Phi) is 4.04. The van der Waals surface area contributed by atoms with Gasteiger partial charge in [-0.3, -0.25) is 10.1 Å². The molecule has 102 valence electrons. The third-order valence-corrected chi connectivity index (χ3v) is 3.23. The van der Waals surface area contributed by atoms with Crippen LogP contribution in [-0.4, -0.2) is 25.7 Å². The topological polar surface area (TPSA) is 58.6 Å². The number of nitrogens with one attached hydrogen (secondary N) is 1. The van der Waals surface area contributed by atoms with Gasteiger partial charge in [0.2, 0.25) is 5.91 Å². The van der Waals surface area contributed by atoms with E-state index in [1.165, 1.54) is 7.11 Å². The zero-order valence-corrected chi connectivity index (χ0v) is 11.2. The van der Waals surface area contributed by atoms with Gasteiger partial charge in [-0.05, 0) is 36.6 Å². The maximum absolute atomic E-state index is 11.9. The van der Waals surface area contributed by atoms with Crippen molar-refractivity contribution in [2.45, 2.75) is 26.2 Å². The van der Waals surface area contributed by atoms with E-state index >= 15 is 0 Å². The summed E-state index contributed by atoms with van der Waals surface area (Å²) >= 11 is 0. The summed E-state index contributed by atoms with van der Waals surface area (Å²) in [4.78, 5) is 24.9. The summed E-state index contributed by atoms with van der Waals surface area (Å²) in [6.45, 7) is 2.63. The van der Waals surface area contributed by atoms with E-state index in [-0.39, 0.29) is 5.91 Å². The number of anilines is 2. The van der Waals surface area contributed by atoms with Gasteiger partial charge in [-0.2, -0.15) is 0 Å². The second kappa shape index (κ2) is 5.73. The van der Waals surface area contributed by atoms with Crippen LogP contribution < -0.4 is 10.2 Å². The Hall–Kier alpha value is -2.04. The molecule has 0 fully saturated rings. The molecule has 0 aliphatic carbocycles. The highest BCUT2D eigenvalue weighted by molar-refractivity contribution is 5.95. The molecule has 1 aromatic rings. The van der Waals surface area contributed by atoms with Crippen molar-refractivity contribution in [2.24, 2.45) is 0 Å². The lowest BCUT2D eigenvalue weighted by atomic mass is 10.0. The molecule has 1 aliphatic heterocycles. The molecule has 2 rings (SSSR count). The number of hydrogen-bond donors (Lipinski definition) is 1. The van der Waals surface area contributed by atoms with Crippen LogP contribution in [-0.2, 0) is 16.0 Å². The number of methoxy groups -OCH3 is 1. The molecule has 0 bridgehead atoms. The van der Waals surface area contributed by atoms with E-state index in [0.717, 1.165) is 30.6 Å². The Morgan fingerprint density at radius 3 is 2.89 bits per heavy atom. The molecule has 5 heteroatoms. The number of benzene rings is 1. The molecule has 1 heterocycles. The highest BCUT2D eigenvalue weighted by Crippen LogP contribution is 2.30. The number of carbonyl (C=O) groups is 2. The molecule has 0 radical (unpaired) electrons. The van der Waals surface area contributed by atoms with Crippen molar-refractivity contribution in [1.82, 2.24) is 0 Å². The van der Waals surface area contributed by atoms with E-state index in [1.54, 1.807) is 6.07 Å². The quantitative estimate of drug-likeness (QED) is 0.891. The van der Waals surface area contributed by atoms with E-state index in [4.69, 9.17) is 0 Å². The first-order valence-electron chi connectivity index (χ1n) is 6.44. The smallest absolute Gasteiger partial charge is 0.411 e. The predicted molar refractivity (Wildman–Crippen MR) is 73.4 cm³/mol. The summed E-state index contributed by atoms with van der Waals surface area (Å²) < 4.78 is 4.56. The van der Waals surface area contributed by atoms with Gasteiger partial charge in [0.1, 0.15) is 0 Å². The van der Waals surface area contributed by atoms with Gasteiger partial charge >= 0.3 is 6.09 Å². The molecule has 0 unspecified atom stereocenters. The van der Waals surface area contributed by atoms with Crippen molar-refractivity contribution < 1.29 is 14.3 Å². The van der Waals surface area contributed by atoms with Gasteiger partial charge in [-0.25, -0.2) is 4.79 Å². The van der Waals surface area contributed by atoms with Crippen molar-refractivity contribution in [1.29, 1.82) is 0 Å². The van der Waals surface area contributed by atoms with E-state index in [9.17, 15) is 9.59 Å². The number of nitrogens with zero attached hydrogens (tertiary/aromatic N) is 1. The summed E-state index contributed by atoms with van der Waals surface area (Å²) in [5.74, 6) is 0.134. The summed E-state index contributed by atoms with van der Waals surface area (Å²) in [5.41, 5.74) is 2.73. The largest absolute Gasteiger partial charge is 0.453 e. The number of fused-ring (bicyclic) bond motifs is 1. The number of amides is 2. The Morgan fingerprint density at radius 2 is 2.21 bits per heavy atom.